The SMILES string of the molecule is COc1ccc2c(c1)CC[C@H]([C@@H]1CCC[C@@H]1OC(C)=O)C2. The average Bonchev–Trinajstić information content (AvgIpc) is 2.93. The van der Waals surface area contributed by atoms with E-state index in [0.29, 0.717) is 11.8 Å². The van der Waals surface area contributed by atoms with E-state index in [2.05, 4.69) is 18.2 Å². The molecule has 1 fully saturated rings. The first-order valence-electron chi connectivity index (χ1n) is 8.00. The molecule has 0 amide bonds. The molecule has 1 aromatic rings. The lowest BCUT2D eigenvalue weighted by Crippen LogP contribution is -2.30. The van der Waals surface area contributed by atoms with E-state index in [-0.39, 0.29) is 12.1 Å². The average molecular weight is 288 g/mol. The minimum absolute atomic E-state index is 0.132. The van der Waals surface area contributed by atoms with Crippen molar-refractivity contribution in [3.05, 3.63) is 29.3 Å². The number of carbonyl (C=O) groups is 1. The molecule has 3 heteroatoms. The zero-order chi connectivity index (χ0) is 14.8. The van der Waals surface area contributed by atoms with Gasteiger partial charge in [-0.1, -0.05) is 6.07 Å². The third kappa shape index (κ3) is 3.07. The fraction of sp³-hybridized carbons (Fsp3) is 0.611. The van der Waals surface area contributed by atoms with Gasteiger partial charge in [0, 0.05) is 6.92 Å². The molecule has 21 heavy (non-hydrogen) atoms. The Morgan fingerprint density at radius 3 is 2.81 bits per heavy atom. The van der Waals surface area contributed by atoms with Crippen molar-refractivity contribution in [2.45, 2.75) is 51.6 Å². The molecule has 1 aromatic carbocycles. The predicted octanol–water partition coefficient (Wildman–Crippen LogP) is 3.53. The van der Waals surface area contributed by atoms with Crippen molar-refractivity contribution in [1.82, 2.24) is 0 Å². The van der Waals surface area contributed by atoms with Gasteiger partial charge in [-0.15, -0.1) is 0 Å². The first kappa shape index (κ1) is 14.4. The van der Waals surface area contributed by atoms with Crippen molar-refractivity contribution in [1.29, 1.82) is 0 Å². The van der Waals surface area contributed by atoms with Crippen molar-refractivity contribution in [2.24, 2.45) is 11.8 Å². The molecule has 0 radical (unpaired) electrons. The third-order valence-corrected chi connectivity index (χ3v) is 5.11. The van der Waals surface area contributed by atoms with Crippen LogP contribution < -0.4 is 4.74 Å². The lowest BCUT2D eigenvalue weighted by Gasteiger charge is -2.32. The van der Waals surface area contributed by atoms with Gasteiger partial charge in [0.15, 0.2) is 0 Å². The number of hydrogen-bond donors (Lipinski definition) is 0. The summed E-state index contributed by atoms with van der Waals surface area (Å²) in [7, 11) is 1.72. The summed E-state index contributed by atoms with van der Waals surface area (Å²) in [5.41, 5.74) is 2.87. The Bertz CT molecular complexity index is 523. The maximum atomic E-state index is 11.3. The van der Waals surface area contributed by atoms with Gasteiger partial charge in [0.25, 0.3) is 0 Å². The van der Waals surface area contributed by atoms with Crippen molar-refractivity contribution in [2.75, 3.05) is 7.11 Å². The fourth-order valence-electron chi connectivity index (χ4n) is 4.11. The number of fused-ring (bicyclic) bond motifs is 1. The van der Waals surface area contributed by atoms with E-state index < -0.39 is 0 Å². The van der Waals surface area contributed by atoms with Gasteiger partial charge in [-0.3, -0.25) is 4.79 Å². The number of methoxy groups -OCH3 is 1. The summed E-state index contributed by atoms with van der Waals surface area (Å²) in [4.78, 5) is 11.3. The van der Waals surface area contributed by atoms with Crippen LogP contribution in [-0.4, -0.2) is 19.2 Å². The first-order chi connectivity index (χ1) is 10.2. The van der Waals surface area contributed by atoms with E-state index in [1.54, 1.807) is 7.11 Å². The van der Waals surface area contributed by atoms with Crippen LogP contribution in [0.2, 0.25) is 0 Å². The van der Waals surface area contributed by atoms with Crippen LogP contribution in [0.4, 0.5) is 0 Å². The van der Waals surface area contributed by atoms with Gasteiger partial charge in [0.1, 0.15) is 11.9 Å². The van der Waals surface area contributed by atoms with E-state index in [4.69, 9.17) is 9.47 Å². The first-order valence-corrected chi connectivity index (χ1v) is 8.00. The molecule has 114 valence electrons. The zero-order valence-electron chi connectivity index (χ0n) is 12.9. The van der Waals surface area contributed by atoms with Crippen molar-refractivity contribution in [3.8, 4) is 5.75 Å². The topological polar surface area (TPSA) is 35.5 Å². The number of hydrogen-bond acceptors (Lipinski definition) is 3. The molecule has 0 saturated heterocycles. The molecule has 0 bridgehead atoms. The number of esters is 1. The number of rotatable bonds is 3. The Hall–Kier alpha value is -1.51. The highest BCUT2D eigenvalue weighted by Crippen LogP contribution is 2.40. The van der Waals surface area contributed by atoms with Gasteiger partial charge in [0.2, 0.25) is 0 Å². The van der Waals surface area contributed by atoms with Crippen LogP contribution in [-0.2, 0) is 22.4 Å². The molecule has 2 aliphatic rings. The minimum atomic E-state index is -0.132. The molecular formula is C18H24O3. The maximum absolute atomic E-state index is 11.3. The molecule has 3 atom stereocenters. The van der Waals surface area contributed by atoms with Gasteiger partial charge >= 0.3 is 5.97 Å². The molecule has 2 aliphatic carbocycles. The Morgan fingerprint density at radius 2 is 2.05 bits per heavy atom. The highest BCUT2D eigenvalue weighted by atomic mass is 16.5. The quantitative estimate of drug-likeness (QED) is 0.798. The normalized spacial score (nSPS) is 28.0. The van der Waals surface area contributed by atoms with Crippen LogP contribution in [0.5, 0.6) is 5.75 Å². The van der Waals surface area contributed by atoms with Crippen LogP contribution in [0.3, 0.4) is 0 Å². The largest absolute Gasteiger partial charge is 0.497 e. The molecular weight excluding hydrogens is 264 g/mol. The number of carbonyl (C=O) groups excluding carboxylic acids is 1. The second-order valence-corrected chi connectivity index (χ2v) is 6.38. The lowest BCUT2D eigenvalue weighted by molar-refractivity contribution is -0.149. The predicted molar refractivity (Wildman–Crippen MR) is 81.4 cm³/mol. The van der Waals surface area contributed by atoms with Gasteiger partial charge in [-0.25, -0.2) is 0 Å². The summed E-state index contributed by atoms with van der Waals surface area (Å²) in [6.45, 7) is 1.53. The summed E-state index contributed by atoms with van der Waals surface area (Å²) in [6, 6.07) is 6.43. The molecule has 0 N–H and O–H groups in total. The molecule has 0 aromatic heterocycles. The summed E-state index contributed by atoms with van der Waals surface area (Å²) >= 11 is 0. The third-order valence-electron chi connectivity index (χ3n) is 5.11. The fourth-order valence-corrected chi connectivity index (χ4v) is 4.11. The molecule has 3 nitrogen and oxygen atoms in total. The summed E-state index contributed by atoms with van der Waals surface area (Å²) < 4.78 is 10.9. The van der Waals surface area contributed by atoms with E-state index in [0.717, 1.165) is 25.0 Å². The maximum Gasteiger partial charge on any atom is 0.302 e. The second-order valence-electron chi connectivity index (χ2n) is 6.38. The Balaban J connectivity index is 1.72. The monoisotopic (exact) mass is 288 g/mol. The van der Waals surface area contributed by atoms with E-state index >= 15 is 0 Å². The van der Waals surface area contributed by atoms with E-state index in [1.807, 2.05) is 0 Å². The Labute approximate surface area is 126 Å². The lowest BCUT2D eigenvalue weighted by atomic mass is 9.75. The molecule has 0 spiro atoms. The highest BCUT2D eigenvalue weighted by molar-refractivity contribution is 5.66. The standard InChI is InChI=1S/C18H24O3/c1-12(19)21-18-5-3-4-17(18)15-7-6-14-11-16(20-2)9-8-13(14)10-15/h8-9,11,15,17-18H,3-7,10H2,1-2H3/t15-,17-,18-/m0/s1. The molecule has 0 heterocycles. The van der Waals surface area contributed by atoms with E-state index in [1.165, 1.54) is 37.3 Å². The number of aryl methyl sites for hydroxylation is 1. The molecule has 0 aliphatic heterocycles. The number of ether oxygens (including phenoxy) is 2. The Kier molecular flexibility index (Phi) is 4.18. The zero-order valence-corrected chi connectivity index (χ0v) is 12.9. The summed E-state index contributed by atoms with van der Waals surface area (Å²) in [5, 5.41) is 0. The van der Waals surface area contributed by atoms with Gasteiger partial charge < -0.3 is 9.47 Å². The Morgan fingerprint density at radius 1 is 1.19 bits per heavy atom. The molecule has 3 rings (SSSR count). The minimum Gasteiger partial charge on any atom is -0.497 e. The van der Waals surface area contributed by atoms with Crippen molar-refractivity contribution >= 4 is 5.97 Å². The van der Waals surface area contributed by atoms with Gasteiger partial charge in [-0.05, 0) is 73.6 Å². The van der Waals surface area contributed by atoms with Crippen molar-refractivity contribution < 1.29 is 14.3 Å². The smallest absolute Gasteiger partial charge is 0.302 e. The number of benzene rings is 1. The molecule has 0 unspecified atom stereocenters. The van der Waals surface area contributed by atoms with Crippen LogP contribution in [0.1, 0.15) is 43.7 Å². The summed E-state index contributed by atoms with van der Waals surface area (Å²) in [5.74, 6) is 2.01. The highest BCUT2D eigenvalue weighted by Gasteiger charge is 2.37. The van der Waals surface area contributed by atoms with Crippen LogP contribution >= 0.6 is 0 Å². The van der Waals surface area contributed by atoms with Crippen LogP contribution in [0.15, 0.2) is 18.2 Å². The van der Waals surface area contributed by atoms with E-state index in [9.17, 15) is 4.79 Å². The van der Waals surface area contributed by atoms with Crippen LogP contribution in [0.25, 0.3) is 0 Å². The van der Waals surface area contributed by atoms with Gasteiger partial charge in [0.05, 0.1) is 7.11 Å². The summed E-state index contributed by atoms with van der Waals surface area (Å²) in [6.07, 6.45) is 7.00. The van der Waals surface area contributed by atoms with Crippen LogP contribution in [0, 0.1) is 11.8 Å². The van der Waals surface area contributed by atoms with Crippen molar-refractivity contribution in [3.63, 3.8) is 0 Å². The molecule has 1 saturated carbocycles. The second kappa shape index (κ2) is 6.08. The van der Waals surface area contributed by atoms with Gasteiger partial charge in [-0.2, -0.15) is 0 Å².